The van der Waals surface area contributed by atoms with Gasteiger partial charge in [-0.15, -0.1) is 11.8 Å². The molecule has 2 aromatic carbocycles. The highest BCUT2D eigenvalue weighted by molar-refractivity contribution is 7.98. The lowest BCUT2D eigenvalue weighted by Crippen LogP contribution is -1.77. The first kappa shape index (κ1) is 8.45. The number of rotatable bonds is 1. The first-order valence-electron chi connectivity index (χ1n) is 4.07. The maximum absolute atomic E-state index is 9.58. The second kappa shape index (κ2) is 3.30. The summed E-state index contributed by atoms with van der Waals surface area (Å²) in [5.74, 6) is 0.355. The summed E-state index contributed by atoms with van der Waals surface area (Å²) >= 11 is 1.70. The van der Waals surface area contributed by atoms with E-state index < -0.39 is 0 Å². The van der Waals surface area contributed by atoms with Gasteiger partial charge in [-0.2, -0.15) is 0 Å². The van der Waals surface area contributed by atoms with Crippen LogP contribution in [0.2, 0.25) is 0 Å². The predicted molar refractivity (Wildman–Crippen MR) is 57.4 cm³/mol. The molecule has 2 rings (SSSR count). The molecular formula is C11H10OS. The molecule has 0 spiro atoms. The molecule has 0 atom stereocenters. The molecule has 0 saturated heterocycles. The Bertz CT molecular complexity index is 437. The summed E-state index contributed by atoms with van der Waals surface area (Å²) in [5.41, 5.74) is 0. The highest BCUT2D eigenvalue weighted by atomic mass is 32.2. The normalized spacial score (nSPS) is 10.5. The SMILES string of the molecule is CSc1ccc(O)c2ccccc12. The van der Waals surface area contributed by atoms with Crippen molar-refractivity contribution in [3.8, 4) is 5.75 Å². The Morgan fingerprint density at radius 1 is 1.00 bits per heavy atom. The zero-order valence-electron chi connectivity index (χ0n) is 7.32. The smallest absolute Gasteiger partial charge is 0.123 e. The van der Waals surface area contributed by atoms with Gasteiger partial charge >= 0.3 is 0 Å². The summed E-state index contributed by atoms with van der Waals surface area (Å²) in [6.45, 7) is 0. The van der Waals surface area contributed by atoms with Gasteiger partial charge in [0.2, 0.25) is 0 Å². The molecule has 66 valence electrons. The predicted octanol–water partition coefficient (Wildman–Crippen LogP) is 3.27. The van der Waals surface area contributed by atoms with Crippen LogP contribution < -0.4 is 0 Å². The molecule has 1 nitrogen and oxygen atoms in total. The van der Waals surface area contributed by atoms with Gasteiger partial charge in [0.05, 0.1) is 0 Å². The Kier molecular flexibility index (Phi) is 2.15. The van der Waals surface area contributed by atoms with E-state index in [0.717, 1.165) is 10.8 Å². The van der Waals surface area contributed by atoms with Gasteiger partial charge in [0.25, 0.3) is 0 Å². The van der Waals surface area contributed by atoms with E-state index in [0.29, 0.717) is 5.75 Å². The topological polar surface area (TPSA) is 20.2 Å². The number of phenols is 1. The average molecular weight is 190 g/mol. The summed E-state index contributed by atoms with van der Waals surface area (Å²) in [6, 6.07) is 11.6. The molecule has 2 heteroatoms. The van der Waals surface area contributed by atoms with E-state index in [2.05, 4.69) is 0 Å². The minimum Gasteiger partial charge on any atom is -0.507 e. The monoisotopic (exact) mass is 190 g/mol. The number of phenolic OH excluding ortho intramolecular Hbond substituents is 1. The van der Waals surface area contributed by atoms with E-state index in [-0.39, 0.29) is 0 Å². The third kappa shape index (κ3) is 1.38. The van der Waals surface area contributed by atoms with E-state index in [4.69, 9.17) is 0 Å². The van der Waals surface area contributed by atoms with Gasteiger partial charge < -0.3 is 5.11 Å². The van der Waals surface area contributed by atoms with Crippen molar-refractivity contribution in [2.24, 2.45) is 0 Å². The van der Waals surface area contributed by atoms with Crippen LogP contribution >= 0.6 is 11.8 Å². The summed E-state index contributed by atoms with van der Waals surface area (Å²) in [4.78, 5) is 1.20. The van der Waals surface area contributed by atoms with Crippen molar-refractivity contribution in [2.75, 3.05) is 6.26 Å². The minimum atomic E-state index is 0.355. The zero-order valence-corrected chi connectivity index (χ0v) is 8.14. The van der Waals surface area contributed by atoms with Crippen molar-refractivity contribution in [2.45, 2.75) is 4.90 Å². The highest BCUT2D eigenvalue weighted by Gasteiger charge is 2.02. The lowest BCUT2D eigenvalue weighted by Gasteiger charge is -2.04. The number of hydrogen-bond acceptors (Lipinski definition) is 2. The quantitative estimate of drug-likeness (QED) is 0.696. The molecule has 0 saturated carbocycles. The fourth-order valence-corrected chi connectivity index (χ4v) is 2.04. The lowest BCUT2D eigenvalue weighted by atomic mass is 10.1. The van der Waals surface area contributed by atoms with Crippen LogP contribution in [0.1, 0.15) is 0 Å². The molecule has 0 bridgehead atoms. The fraction of sp³-hybridized carbons (Fsp3) is 0.0909. The van der Waals surface area contributed by atoms with E-state index in [9.17, 15) is 5.11 Å². The lowest BCUT2D eigenvalue weighted by molar-refractivity contribution is 0.481. The maximum atomic E-state index is 9.58. The number of fused-ring (bicyclic) bond motifs is 1. The minimum absolute atomic E-state index is 0.355. The van der Waals surface area contributed by atoms with Crippen molar-refractivity contribution in [3.05, 3.63) is 36.4 Å². The van der Waals surface area contributed by atoms with Gasteiger partial charge in [-0.1, -0.05) is 24.3 Å². The van der Waals surface area contributed by atoms with Crippen molar-refractivity contribution >= 4 is 22.5 Å². The molecule has 2 aromatic rings. The number of aromatic hydroxyl groups is 1. The third-order valence-corrected chi connectivity index (χ3v) is 2.88. The molecule has 0 heterocycles. The summed E-state index contributed by atoms with van der Waals surface area (Å²) < 4.78 is 0. The molecule has 0 aromatic heterocycles. The molecule has 0 radical (unpaired) electrons. The third-order valence-electron chi connectivity index (χ3n) is 2.08. The number of thioether (sulfide) groups is 1. The van der Waals surface area contributed by atoms with Crippen LogP contribution in [0.4, 0.5) is 0 Å². The van der Waals surface area contributed by atoms with Crippen LogP contribution in [0.25, 0.3) is 10.8 Å². The number of hydrogen-bond donors (Lipinski definition) is 1. The summed E-state index contributed by atoms with van der Waals surface area (Å²) in [6.07, 6.45) is 2.04. The van der Waals surface area contributed by atoms with Crippen molar-refractivity contribution in [1.82, 2.24) is 0 Å². The number of benzene rings is 2. The van der Waals surface area contributed by atoms with Gasteiger partial charge in [0.15, 0.2) is 0 Å². The Hall–Kier alpha value is -1.15. The molecule has 0 aliphatic heterocycles. The van der Waals surface area contributed by atoms with Crippen molar-refractivity contribution < 1.29 is 5.11 Å². The van der Waals surface area contributed by atoms with Crippen molar-refractivity contribution in [1.29, 1.82) is 0 Å². The Morgan fingerprint density at radius 2 is 1.69 bits per heavy atom. The van der Waals surface area contributed by atoms with Crippen LogP contribution in [-0.2, 0) is 0 Å². The van der Waals surface area contributed by atoms with Crippen LogP contribution in [0.3, 0.4) is 0 Å². The van der Waals surface area contributed by atoms with E-state index in [1.807, 2.05) is 36.6 Å². The molecule has 1 N–H and O–H groups in total. The second-order valence-corrected chi connectivity index (χ2v) is 3.68. The van der Waals surface area contributed by atoms with E-state index >= 15 is 0 Å². The fourth-order valence-electron chi connectivity index (χ4n) is 1.43. The molecule has 0 fully saturated rings. The van der Waals surface area contributed by atoms with E-state index in [1.54, 1.807) is 17.8 Å². The van der Waals surface area contributed by atoms with E-state index in [1.165, 1.54) is 4.90 Å². The van der Waals surface area contributed by atoms with Crippen LogP contribution in [-0.4, -0.2) is 11.4 Å². The molecule has 0 aliphatic carbocycles. The van der Waals surface area contributed by atoms with Gasteiger partial charge in [0.1, 0.15) is 5.75 Å². The van der Waals surface area contributed by atoms with Gasteiger partial charge in [0, 0.05) is 10.3 Å². The summed E-state index contributed by atoms with van der Waals surface area (Å²) in [7, 11) is 0. The molecular weight excluding hydrogens is 180 g/mol. The largest absolute Gasteiger partial charge is 0.507 e. The first-order valence-corrected chi connectivity index (χ1v) is 5.30. The van der Waals surface area contributed by atoms with Crippen LogP contribution in [0.5, 0.6) is 5.75 Å². The second-order valence-electron chi connectivity index (χ2n) is 2.83. The van der Waals surface area contributed by atoms with Gasteiger partial charge in [-0.3, -0.25) is 0 Å². The van der Waals surface area contributed by atoms with Gasteiger partial charge in [-0.05, 0) is 23.8 Å². The van der Waals surface area contributed by atoms with Crippen LogP contribution in [0, 0.1) is 0 Å². The maximum Gasteiger partial charge on any atom is 0.123 e. The molecule has 0 unspecified atom stereocenters. The zero-order chi connectivity index (χ0) is 9.26. The summed E-state index contributed by atoms with van der Waals surface area (Å²) in [5, 5.41) is 11.6. The Labute approximate surface area is 81.4 Å². The standard InChI is InChI=1S/C11H10OS/c1-13-11-7-6-10(12)8-4-2-3-5-9(8)11/h2-7,12H,1H3. The Morgan fingerprint density at radius 3 is 2.38 bits per heavy atom. The van der Waals surface area contributed by atoms with Crippen LogP contribution in [0.15, 0.2) is 41.3 Å². The van der Waals surface area contributed by atoms with Crippen molar-refractivity contribution in [3.63, 3.8) is 0 Å². The molecule has 0 aliphatic rings. The Balaban J connectivity index is 2.84. The average Bonchev–Trinajstić information content (AvgIpc) is 2.19. The van der Waals surface area contributed by atoms with Gasteiger partial charge in [-0.25, -0.2) is 0 Å². The molecule has 0 amide bonds. The first-order chi connectivity index (χ1) is 6.33. The molecule has 13 heavy (non-hydrogen) atoms. The highest BCUT2D eigenvalue weighted by Crippen LogP contribution is 2.31.